The Labute approximate surface area is 192 Å². The molecule has 0 spiro atoms. The summed E-state index contributed by atoms with van der Waals surface area (Å²) in [4.78, 5) is 0. The van der Waals surface area contributed by atoms with Crippen LogP contribution in [0.4, 0.5) is 0 Å². The third-order valence-electron chi connectivity index (χ3n) is 3.65. The molecule has 0 atom stereocenters. The van der Waals surface area contributed by atoms with Gasteiger partial charge in [0.2, 0.25) is 0 Å². The Morgan fingerprint density at radius 3 is 0.926 bits per heavy atom. The summed E-state index contributed by atoms with van der Waals surface area (Å²) in [5.74, 6) is 0. The first-order valence-electron chi connectivity index (χ1n) is 10.3. The Balaban J connectivity index is 0. The van der Waals surface area contributed by atoms with Crippen molar-refractivity contribution in [1.29, 1.82) is 0 Å². The molecule has 2 aliphatic rings. The summed E-state index contributed by atoms with van der Waals surface area (Å²) >= 11 is 0. The minimum Gasteiger partial charge on any atom is -0.373 e. The van der Waals surface area contributed by atoms with Gasteiger partial charge in [-0.3, -0.25) is 0 Å². The van der Waals surface area contributed by atoms with Crippen molar-refractivity contribution in [1.82, 2.24) is 0 Å². The van der Waals surface area contributed by atoms with Gasteiger partial charge in [-0.2, -0.15) is 0 Å². The molecule has 0 amide bonds. The van der Waals surface area contributed by atoms with Crippen LogP contribution in [-0.2, 0) is 26.2 Å². The molecule has 27 heavy (non-hydrogen) atoms. The van der Waals surface area contributed by atoms with Crippen LogP contribution >= 0.6 is 0 Å². The van der Waals surface area contributed by atoms with E-state index >= 15 is 0 Å². The maximum atomic E-state index is 3.58. The van der Waals surface area contributed by atoms with E-state index in [1.165, 1.54) is 49.7 Å². The molecule has 0 bridgehead atoms. The molecule has 0 saturated heterocycles. The molecular weight excluding hydrogens is 404 g/mol. The van der Waals surface area contributed by atoms with Gasteiger partial charge in [0.1, 0.15) is 0 Å². The van der Waals surface area contributed by atoms with E-state index < -0.39 is 0 Å². The molecule has 2 fully saturated rings. The molecule has 10 radical (unpaired) electrons. The van der Waals surface area contributed by atoms with Gasteiger partial charge < -0.3 is 23.3 Å². The molecule has 0 aromatic heterocycles. The van der Waals surface area contributed by atoms with Crippen LogP contribution in [-0.4, -0.2) is 0 Å². The zero-order valence-electron chi connectivity index (χ0n) is 17.9. The molecule has 146 valence electrons. The smallest absolute Gasteiger partial charge is 0.373 e. The molecule has 0 aromatic carbocycles. The van der Waals surface area contributed by atoms with Gasteiger partial charge in [0.05, 0.1) is 0 Å². The van der Waals surface area contributed by atoms with Gasteiger partial charge in [0, 0.05) is 0 Å². The van der Waals surface area contributed by atoms with Crippen LogP contribution < -0.4 is 0 Å². The third kappa shape index (κ3) is 19.5. The second-order valence-corrected chi connectivity index (χ2v) is 6.24. The van der Waals surface area contributed by atoms with E-state index in [-0.39, 0.29) is 26.2 Å². The molecular formula is C26H38Zr. The molecule has 0 nitrogen and oxygen atoms in total. The maximum Gasteiger partial charge on any atom is 2.00 e. The monoisotopic (exact) mass is 440 g/mol. The van der Waals surface area contributed by atoms with Crippen molar-refractivity contribution < 1.29 is 26.2 Å². The van der Waals surface area contributed by atoms with Gasteiger partial charge in [-0.05, 0) is 64.2 Å². The van der Waals surface area contributed by atoms with Gasteiger partial charge in [0.15, 0.2) is 0 Å². The predicted molar refractivity (Wildman–Crippen MR) is 116 cm³/mol. The second-order valence-electron chi connectivity index (χ2n) is 6.24. The van der Waals surface area contributed by atoms with Crippen molar-refractivity contribution in [2.24, 2.45) is 0 Å². The van der Waals surface area contributed by atoms with Gasteiger partial charge in [-0.15, -0.1) is 25.7 Å². The van der Waals surface area contributed by atoms with Crippen LogP contribution in [0.25, 0.3) is 0 Å². The summed E-state index contributed by atoms with van der Waals surface area (Å²) in [6.45, 7) is 8.93. The Morgan fingerprint density at radius 2 is 0.741 bits per heavy atom. The molecule has 0 heterocycles. The normalized spacial score (nSPS) is 16.7. The van der Waals surface area contributed by atoms with E-state index in [9.17, 15) is 0 Å². The Kier molecular flexibility index (Phi) is 26.7. The van der Waals surface area contributed by atoms with Crippen molar-refractivity contribution in [3.8, 4) is 0 Å². The Morgan fingerprint density at radius 1 is 0.481 bits per heavy atom. The summed E-state index contributed by atoms with van der Waals surface area (Å²) in [6, 6.07) is 0. The Hall–Kier alpha value is 0.363. The van der Waals surface area contributed by atoms with Gasteiger partial charge >= 0.3 is 26.2 Å². The molecule has 0 unspecified atom stereocenters. The van der Waals surface area contributed by atoms with Crippen LogP contribution in [0.1, 0.15) is 79.1 Å². The van der Waals surface area contributed by atoms with E-state index in [0.29, 0.717) is 0 Å². The van der Waals surface area contributed by atoms with E-state index in [1.807, 2.05) is 64.2 Å². The topological polar surface area (TPSA) is 0 Å². The predicted octanol–water partition coefficient (Wildman–Crippen LogP) is 7.69. The van der Waals surface area contributed by atoms with Crippen LogP contribution in [0.15, 0.2) is 11.1 Å². The first-order chi connectivity index (χ1) is 12.8. The second kappa shape index (κ2) is 24.4. The van der Waals surface area contributed by atoms with Crippen molar-refractivity contribution >= 4 is 0 Å². The molecule has 2 saturated carbocycles. The third-order valence-corrected chi connectivity index (χ3v) is 3.65. The van der Waals surface area contributed by atoms with Gasteiger partial charge in [-0.1, -0.05) is 53.4 Å². The van der Waals surface area contributed by atoms with Crippen molar-refractivity contribution in [2.75, 3.05) is 0 Å². The molecule has 0 aliphatic heterocycles. The molecule has 0 aromatic rings. The average Bonchev–Trinajstić information content (AvgIpc) is 3.40. The van der Waals surface area contributed by atoms with Crippen molar-refractivity contribution in [3.63, 3.8) is 0 Å². The fourth-order valence-electron chi connectivity index (χ4n) is 2.39. The standard InChI is InChI=1S/C16H28.2C5H5.Zr/c1-5-9-13-15(11-7-3)16(12-8-4)14-10-6-2;2*1-2-4-5-3-1;/h5-12H2,1-4H3;2*1-5H;/q-2;;;+2. The zero-order chi connectivity index (χ0) is 19.3. The van der Waals surface area contributed by atoms with E-state index in [4.69, 9.17) is 0 Å². The summed E-state index contributed by atoms with van der Waals surface area (Å²) in [5.41, 5.74) is 2.89. The maximum absolute atomic E-state index is 3.58. The number of allylic oxidation sites excluding steroid dienone is 4. The van der Waals surface area contributed by atoms with Gasteiger partial charge in [-0.25, -0.2) is 0 Å². The van der Waals surface area contributed by atoms with Crippen molar-refractivity contribution in [3.05, 3.63) is 87.5 Å². The molecule has 2 rings (SSSR count). The van der Waals surface area contributed by atoms with E-state index in [1.54, 1.807) is 0 Å². The SMILES string of the molecule is CCC[C-]=C(CCC)C(=[C-]CCC)CCC.[CH]1[CH][CH][CH][CH]1.[CH]1[CH][CH][CH][CH]1.[Zr+2]. The molecule has 0 N–H and O–H groups in total. The Bertz CT molecular complexity index is 283. The van der Waals surface area contributed by atoms with Crippen LogP contribution in [0.2, 0.25) is 0 Å². The fraction of sp³-hybridized carbons (Fsp3) is 0.462. The molecule has 1 heteroatoms. The number of unbranched alkanes of at least 4 members (excludes halogenated alkanes) is 2. The van der Waals surface area contributed by atoms with Crippen LogP contribution in [0, 0.1) is 76.4 Å². The first kappa shape index (κ1) is 29.6. The molecule has 2 aliphatic carbocycles. The van der Waals surface area contributed by atoms with Crippen LogP contribution in [0.3, 0.4) is 0 Å². The summed E-state index contributed by atoms with van der Waals surface area (Å²) in [6.07, 6.45) is 36.5. The van der Waals surface area contributed by atoms with Crippen molar-refractivity contribution in [2.45, 2.75) is 79.1 Å². The number of rotatable bonds is 9. The summed E-state index contributed by atoms with van der Waals surface area (Å²) in [7, 11) is 0. The zero-order valence-corrected chi connectivity index (χ0v) is 20.4. The van der Waals surface area contributed by atoms with E-state index in [2.05, 4.69) is 39.8 Å². The average molecular weight is 442 g/mol. The summed E-state index contributed by atoms with van der Waals surface area (Å²) < 4.78 is 0. The minimum atomic E-state index is 0. The number of hydrogen-bond acceptors (Lipinski definition) is 0. The van der Waals surface area contributed by atoms with Crippen LogP contribution in [0.5, 0.6) is 0 Å². The van der Waals surface area contributed by atoms with E-state index in [0.717, 1.165) is 12.8 Å². The fourth-order valence-corrected chi connectivity index (χ4v) is 2.39. The summed E-state index contributed by atoms with van der Waals surface area (Å²) in [5, 5.41) is 0. The largest absolute Gasteiger partial charge is 2.00 e. The first-order valence-corrected chi connectivity index (χ1v) is 10.3. The number of hydrogen-bond donors (Lipinski definition) is 0. The van der Waals surface area contributed by atoms with Gasteiger partial charge in [0.25, 0.3) is 0 Å². The quantitative estimate of drug-likeness (QED) is 0.254. The minimum absolute atomic E-state index is 0.